The summed E-state index contributed by atoms with van der Waals surface area (Å²) in [6.07, 6.45) is 0. The van der Waals surface area contributed by atoms with Crippen molar-refractivity contribution in [3.05, 3.63) is 16.4 Å². The molecule has 86 valence electrons. The highest BCUT2D eigenvalue weighted by Crippen LogP contribution is 2.17. The highest BCUT2D eigenvalue weighted by Gasteiger charge is 2.15. The largest absolute Gasteiger partial charge is 0.378 e. The van der Waals surface area contributed by atoms with Crippen molar-refractivity contribution >= 4 is 11.3 Å². The highest BCUT2D eigenvalue weighted by molar-refractivity contribution is 7.13. The van der Waals surface area contributed by atoms with Crippen molar-refractivity contribution < 1.29 is 4.74 Å². The number of aromatic nitrogens is 5. The number of rotatable bonds is 4. The number of hydrogen-bond acceptors (Lipinski definition) is 7. The lowest BCUT2D eigenvalue weighted by atomic mass is 10.3. The summed E-state index contributed by atoms with van der Waals surface area (Å²) in [7, 11) is 1.61. The molecule has 0 aliphatic rings. The molecule has 0 fully saturated rings. The van der Waals surface area contributed by atoms with E-state index < -0.39 is 0 Å². The Labute approximate surface area is 96.2 Å². The summed E-state index contributed by atoms with van der Waals surface area (Å²) in [5.41, 5.74) is 7.11. The molecule has 16 heavy (non-hydrogen) atoms. The van der Waals surface area contributed by atoms with Gasteiger partial charge < -0.3 is 10.5 Å². The smallest absolute Gasteiger partial charge is 0.234 e. The first-order chi connectivity index (χ1) is 7.76. The Morgan fingerprint density at radius 1 is 1.38 bits per heavy atom. The van der Waals surface area contributed by atoms with Crippen molar-refractivity contribution in [1.82, 2.24) is 25.2 Å². The molecule has 0 saturated heterocycles. The maximum atomic E-state index is 5.57. The third-order valence-corrected chi connectivity index (χ3v) is 2.83. The molecule has 0 saturated carbocycles. The lowest BCUT2D eigenvalue weighted by molar-refractivity contribution is 0.178. The Morgan fingerprint density at radius 2 is 2.19 bits per heavy atom. The summed E-state index contributed by atoms with van der Waals surface area (Å²) in [6.45, 7) is 2.62. The Kier molecular flexibility index (Phi) is 3.22. The fourth-order valence-electron chi connectivity index (χ4n) is 1.30. The summed E-state index contributed by atoms with van der Waals surface area (Å²) in [5.74, 6) is 0. The van der Waals surface area contributed by atoms with Gasteiger partial charge >= 0.3 is 0 Å². The summed E-state index contributed by atoms with van der Waals surface area (Å²) in [6, 6.07) is 0. The van der Waals surface area contributed by atoms with Crippen LogP contribution in [0, 0.1) is 6.92 Å². The van der Waals surface area contributed by atoms with Crippen LogP contribution in [0.5, 0.6) is 0 Å². The molecule has 2 N–H and O–H groups in total. The number of hydrogen-bond donors (Lipinski definition) is 1. The first-order valence-electron chi connectivity index (χ1n) is 4.69. The average molecular weight is 240 g/mol. The summed E-state index contributed by atoms with van der Waals surface area (Å²) < 4.78 is 6.72. The van der Waals surface area contributed by atoms with E-state index in [-0.39, 0.29) is 0 Å². The van der Waals surface area contributed by atoms with Crippen LogP contribution in [0.1, 0.15) is 16.4 Å². The zero-order chi connectivity index (χ0) is 11.5. The second kappa shape index (κ2) is 4.64. The minimum Gasteiger partial charge on any atom is -0.378 e. The van der Waals surface area contributed by atoms with E-state index in [0.29, 0.717) is 18.3 Å². The molecular weight excluding hydrogens is 228 g/mol. The van der Waals surface area contributed by atoms with Gasteiger partial charge in [0.2, 0.25) is 5.13 Å². The standard InChI is InChI=1S/C8H12N6OS/c1-5-10-12-8(16-5)14-7(4-15-2)6(3-9)11-13-14/h3-4,9H2,1-2H3. The molecule has 0 aliphatic carbocycles. The van der Waals surface area contributed by atoms with Gasteiger partial charge in [-0.25, -0.2) is 0 Å². The molecular formula is C8H12N6OS. The molecule has 0 aliphatic heterocycles. The fraction of sp³-hybridized carbons (Fsp3) is 0.500. The molecule has 2 aromatic heterocycles. The normalized spacial score (nSPS) is 10.9. The van der Waals surface area contributed by atoms with Crippen LogP contribution in [-0.2, 0) is 17.9 Å². The van der Waals surface area contributed by atoms with Crippen LogP contribution in [0.2, 0.25) is 0 Å². The van der Waals surface area contributed by atoms with Gasteiger partial charge in [0, 0.05) is 13.7 Å². The number of methoxy groups -OCH3 is 1. The SMILES string of the molecule is COCc1c(CN)nnn1-c1nnc(C)s1. The minimum absolute atomic E-state index is 0.330. The van der Waals surface area contributed by atoms with Gasteiger partial charge in [0.1, 0.15) is 10.7 Å². The molecule has 0 atom stereocenters. The van der Waals surface area contributed by atoms with E-state index in [1.54, 1.807) is 11.8 Å². The van der Waals surface area contributed by atoms with Gasteiger partial charge in [-0.15, -0.1) is 15.3 Å². The summed E-state index contributed by atoms with van der Waals surface area (Å²) in [5, 5.41) is 17.5. The average Bonchev–Trinajstić information content (AvgIpc) is 2.85. The van der Waals surface area contributed by atoms with Crippen molar-refractivity contribution in [2.75, 3.05) is 7.11 Å². The third kappa shape index (κ3) is 1.94. The Hall–Kier alpha value is -1.38. The number of ether oxygens (including phenoxy) is 1. The van der Waals surface area contributed by atoms with Crippen LogP contribution < -0.4 is 5.73 Å². The second-order valence-corrected chi connectivity index (χ2v) is 4.30. The first kappa shape index (κ1) is 11.1. The van der Waals surface area contributed by atoms with Crippen LogP contribution in [0.4, 0.5) is 0 Å². The molecule has 0 radical (unpaired) electrons. The summed E-state index contributed by atoms with van der Waals surface area (Å²) >= 11 is 1.45. The van der Waals surface area contributed by atoms with Gasteiger partial charge in [-0.3, -0.25) is 0 Å². The van der Waals surface area contributed by atoms with E-state index in [1.807, 2.05) is 6.92 Å². The molecule has 0 amide bonds. The zero-order valence-corrected chi connectivity index (χ0v) is 9.86. The molecule has 0 bridgehead atoms. The van der Waals surface area contributed by atoms with E-state index in [2.05, 4.69) is 20.5 Å². The van der Waals surface area contributed by atoms with Gasteiger partial charge in [-0.05, 0) is 6.92 Å². The lowest BCUT2D eigenvalue weighted by Gasteiger charge is -2.02. The molecule has 0 aromatic carbocycles. The monoisotopic (exact) mass is 240 g/mol. The van der Waals surface area contributed by atoms with E-state index in [4.69, 9.17) is 10.5 Å². The molecule has 2 aromatic rings. The quantitative estimate of drug-likeness (QED) is 0.810. The van der Waals surface area contributed by atoms with E-state index in [1.165, 1.54) is 11.3 Å². The van der Waals surface area contributed by atoms with Crippen LogP contribution in [0.15, 0.2) is 0 Å². The predicted octanol–water partition coefficient (Wildman–Crippen LogP) is 0.0323. The van der Waals surface area contributed by atoms with Crippen molar-refractivity contribution in [2.24, 2.45) is 5.73 Å². The molecule has 7 nitrogen and oxygen atoms in total. The lowest BCUT2D eigenvalue weighted by Crippen LogP contribution is -2.07. The highest BCUT2D eigenvalue weighted by atomic mass is 32.1. The molecule has 2 heterocycles. The Morgan fingerprint density at radius 3 is 2.75 bits per heavy atom. The van der Waals surface area contributed by atoms with Gasteiger partial charge in [0.05, 0.1) is 12.3 Å². The number of nitrogens with two attached hydrogens (primary N) is 1. The molecule has 0 unspecified atom stereocenters. The van der Waals surface area contributed by atoms with Crippen molar-refractivity contribution in [3.63, 3.8) is 0 Å². The van der Waals surface area contributed by atoms with E-state index >= 15 is 0 Å². The predicted molar refractivity (Wildman–Crippen MR) is 58.2 cm³/mol. The van der Waals surface area contributed by atoms with Crippen LogP contribution in [-0.4, -0.2) is 32.3 Å². The minimum atomic E-state index is 0.330. The van der Waals surface area contributed by atoms with Crippen molar-refractivity contribution in [3.8, 4) is 5.13 Å². The topological polar surface area (TPSA) is 91.7 Å². The van der Waals surface area contributed by atoms with Gasteiger partial charge in [-0.1, -0.05) is 16.6 Å². The van der Waals surface area contributed by atoms with E-state index in [9.17, 15) is 0 Å². The van der Waals surface area contributed by atoms with Crippen molar-refractivity contribution in [1.29, 1.82) is 0 Å². The number of nitrogens with zero attached hydrogens (tertiary/aromatic N) is 5. The molecule has 8 heteroatoms. The first-order valence-corrected chi connectivity index (χ1v) is 5.51. The Balaban J connectivity index is 2.43. The van der Waals surface area contributed by atoms with Gasteiger partial charge in [0.25, 0.3) is 0 Å². The second-order valence-electron chi connectivity index (χ2n) is 3.14. The van der Waals surface area contributed by atoms with Gasteiger partial charge in [-0.2, -0.15) is 4.68 Å². The zero-order valence-electron chi connectivity index (χ0n) is 9.04. The maximum Gasteiger partial charge on any atom is 0.234 e. The Bertz CT molecular complexity index is 479. The van der Waals surface area contributed by atoms with Crippen LogP contribution in [0.3, 0.4) is 0 Å². The van der Waals surface area contributed by atoms with E-state index in [0.717, 1.165) is 16.4 Å². The summed E-state index contributed by atoms with van der Waals surface area (Å²) in [4.78, 5) is 0. The van der Waals surface area contributed by atoms with Crippen molar-refractivity contribution in [2.45, 2.75) is 20.1 Å². The molecule has 0 spiro atoms. The van der Waals surface area contributed by atoms with Gasteiger partial charge in [0.15, 0.2) is 0 Å². The maximum absolute atomic E-state index is 5.57. The fourth-order valence-corrected chi connectivity index (χ4v) is 1.96. The van der Waals surface area contributed by atoms with Crippen LogP contribution >= 0.6 is 11.3 Å². The number of aryl methyl sites for hydroxylation is 1. The third-order valence-electron chi connectivity index (χ3n) is 2.01. The van der Waals surface area contributed by atoms with Crippen LogP contribution in [0.25, 0.3) is 5.13 Å². The molecule has 2 rings (SSSR count).